The molecule has 0 spiro atoms. The maximum absolute atomic E-state index is 11.9. The van der Waals surface area contributed by atoms with E-state index in [9.17, 15) is 9.59 Å². The van der Waals surface area contributed by atoms with Crippen molar-refractivity contribution < 1.29 is 14.3 Å². The van der Waals surface area contributed by atoms with Gasteiger partial charge in [-0.05, 0) is 25.1 Å². The highest BCUT2D eigenvalue weighted by molar-refractivity contribution is 6.42. The number of hydrogen-bond acceptors (Lipinski definition) is 5. The third-order valence-corrected chi connectivity index (χ3v) is 2.74. The van der Waals surface area contributed by atoms with Gasteiger partial charge >= 0.3 is 0 Å². The molecular formula is C13H15N3O3. The van der Waals surface area contributed by atoms with Crippen LogP contribution in [-0.4, -0.2) is 37.7 Å². The van der Waals surface area contributed by atoms with Gasteiger partial charge in [-0.1, -0.05) is 0 Å². The van der Waals surface area contributed by atoms with E-state index in [0.717, 1.165) is 0 Å². The Morgan fingerprint density at radius 3 is 2.79 bits per heavy atom. The first kappa shape index (κ1) is 13.1. The summed E-state index contributed by atoms with van der Waals surface area (Å²) in [4.78, 5) is 27.3. The van der Waals surface area contributed by atoms with Crippen LogP contribution in [0.4, 0.5) is 5.69 Å². The van der Waals surface area contributed by atoms with Crippen molar-refractivity contribution in [3.63, 3.8) is 0 Å². The number of hydrogen-bond donors (Lipinski definition) is 2. The number of rotatable bonds is 4. The molecular weight excluding hydrogens is 246 g/mol. The molecule has 1 aliphatic rings. The number of amides is 1. The highest BCUT2D eigenvalue weighted by Gasteiger charge is 2.17. The molecule has 1 aromatic carbocycles. The minimum Gasteiger partial charge on any atom is -0.495 e. The highest BCUT2D eigenvalue weighted by atomic mass is 16.5. The summed E-state index contributed by atoms with van der Waals surface area (Å²) in [6.07, 6.45) is 0. The van der Waals surface area contributed by atoms with Crippen LogP contribution < -0.4 is 15.4 Å². The zero-order valence-corrected chi connectivity index (χ0v) is 10.8. The van der Waals surface area contributed by atoms with Gasteiger partial charge in [0.15, 0.2) is 11.6 Å². The van der Waals surface area contributed by atoms with Gasteiger partial charge in [0.2, 0.25) is 0 Å². The number of ketones is 1. The largest absolute Gasteiger partial charge is 0.495 e. The van der Waals surface area contributed by atoms with E-state index in [2.05, 4.69) is 15.6 Å². The average Bonchev–Trinajstić information content (AvgIpc) is 2.92. The summed E-state index contributed by atoms with van der Waals surface area (Å²) in [5.41, 5.74) is 0.967. The SMILES string of the molecule is COc1ccc(C(C)=O)cc1NC(=O)C1=NCCN1. The number of nitrogens with zero attached hydrogens (tertiary/aromatic N) is 1. The summed E-state index contributed by atoms with van der Waals surface area (Å²) in [7, 11) is 1.50. The van der Waals surface area contributed by atoms with Gasteiger partial charge in [-0.25, -0.2) is 0 Å². The van der Waals surface area contributed by atoms with E-state index in [4.69, 9.17) is 4.74 Å². The molecule has 0 bridgehead atoms. The Morgan fingerprint density at radius 2 is 2.21 bits per heavy atom. The van der Waals surface area contributed by atoms with E-state index in [-0.39, 0.29) is 11.7 Å². The summed E-state index contributed by atoms with van der Waals surface area (Å²) in [5, 5.41) is 5.57. The van der Waals surface area contributed by atoms with Crippen LogP contribution in [0.25, 0.3) is 0 Å². The van der Waals surface area contributed by atoms with Crippen molar-refractivity contribution in [2.24, 2.45) is 4.99 Å². The maximum atomic E-state index is 11.9. The molecule has 0 radical (unpaired) electrons. The van der Waals surface area contributed by atoms with Crippen molar-refractivity contribution in [2.45, 2.75) is 6.92 Å². The molecule has 0 aromatic heterocycles. The van der Waals surface area contributed by atoms with Crippen LogP contribution in [0, 0.1) is 0 Å². The zero-order valence-electron chi connectivity index (χ0n) is 10.8. The molecule has 0 saturated heterocycles. The Kier molecular flexibility index (Phi) is 3.79. The van der Waals surface area contributed by atoms with E-state index in [0.29, 0.717) is 35.9 Å². The van der Waals surface area contributed by atoms with Crippen LogP contribution >= 0.6 is 0 Å². The fraction of sp³-hybridized carbons (Fsp3) is 0.308. The van der Waals surface area contributed by atoms with E-state index >= 15 is 0 Å². The van der Waals surface area contributed by atoms with Crippen molar-refractivity contribution in [1.29, 1.82) is 0 Å². The molecule has 19 heavy (non-hydrogen) atoms. The Balaban J connectivity index is 2.24. The molecule has 0 atom stereocenters. The number of amidine groups is 1. The second-order valence-electron chi connectivity index (χ2n) is 4.08. The minimum atomic E-state index is -0.337. The Labute approximate surface area is 110 Å². The summed E-state index contributed by atoms with van der Waals surface area (Å²) < 4.78 is 5.16. The quantitative estimate of drug-likeness (QED) is 0.787. The number of carbonyl (C=O) groups is 2. The molecule has 2 rings (SSSR count). The molecule has 1 aromatic rings. The molecule has 0 aliphatic carbocycles. The van der Waals surface area contributed by atoms with Crippen LogP contribution in [0.3, 0.4) is 0 Å². The van der Waals surface area contributed by atoms with E-state index in [1.54, 1.807) is 18.2 Å². The Hall–Kier alpha value is -2.37. The lowest BCUT2D eigenvalue weighted by Gasteiger charge is -2.11. The van der Waals surface area contributed by atoms with Gasteiger partial charge in [-0.15, -0.1) is 0 Å². The molecule has 0 saturated carbocycles. The van der Waals surface area contributed by atoms with Gasteiger partial charge < -0.3 is 15.4 Å². The Bertz CT molecular complexity index is 552. The number of benzene rings is 1. The number of methoxy groups -OCH3 is 1. The fourth-order valence-corrected chi connectivity index (χ4v) is 1.76. The number of carbonyl (C=O) groups excluding carboxylic acids is 2. The van der Waals surface area contributed by atoms with Crippen LogP contribution in [0.1, 0.15) is 17.3 Å². The van der Waals surface area contributed by atoms with Crippen LogP contribution in [-0.2, 0) is 4.79 Å². The first-order valence-electron chi connectivity index (χ1n) is 5.90. The van der Waals surface area contributed by atoms with Crippen molar-refractivity contribution in [1.82, 2.24) is 5.32 Å². The van der Waals surface area contributed by atoms with E-state index < -0.39 is 0 Å². The topological polar surface area (TPSA) is 79.8 Å². The standard InChI is InChI=1S/C13H15N3O3/c1-8(17)9-3-4-11(19-2)10(7-9)16-13(18)12-14-5-6-15-12/h3-4,7H,5-6H2,1-2H3,(H,14,15)(H,16,18). The van der Waals surface area contributed by atoms with Gasteiger partial charge in [0, 0.05) is 12.1 Å². The monoisotopic (exact) mass is 261 g/mol. The van der Waals surface area contributed by atoms with E-state index in [1.807, 2.05) is 0 Å². The first-order valence-corrected chi connectivity index (χ1v) is 5.90. The van der Waals surface area contributed by atoms with Crippen LogP contribution in [0.15, 0.2) is 23.2 Å². The first-order chi connectivity index (χ1) is 9.11. The highest BCUT2D eigenvalue weighted by Crippen LogP contribution is 2.25. The molecule has 6 heteroatoms. The summed E-state index contributed by atoms with van der Waals surface area (Å²) in [5.74, 6) is 0.387. The van der Waals surface area contributed by atoms with E-state index in [1.165, 1.54) is 14.0 Å². The van der Waals surface area contributed by atoms with Crippen molar-refractivity contribution in [2.75, 3.05) is 25.5 Å². The predicted octanol–water partition coefficient (Wildman–Crippen LogP) is 0.838. The normalized spacial score (nSPS) is 13.5. The smallest absolute Gasteiger partial charge is 0.290 e. The van der Waals surface area contributed by atoms with Crippen molar-refractivity contribution in [3.8, 4) is 5.75 Å². The molecule has 6 nitrogen and oxygen atoms in total. The second-order valence-corrected chi connectivity index (χ2v) is 4.08. The predicted molar refractivity (Wildman–Crippen MR) is 71.9 cm³/mol. The van der Waals surface area contributed by atoms with Crippen molar-refractivity contribution in [3.05, 3.63) is 23.8 Å². The molecule has 1 amide bonds. The number of Topliss-reactive ketones (excluding diaryl/α,β-unsaturated/α-hetero) is 1. The number of nitrogens with one attached hydrogen (secondary N) is 2. The van der Waals surface area contributed by atoms with Gasteiger partial charge in [0.1, 0.15) is 5.75 Å². The third-order valence-electron chi connectivity index (χ3n) is 2.74. The van der Waals surface area contributed by atoms with Crippen LogP contribution in [0.2, 0.25) is 0 Å². The molecule has 0 unspecified atom stereocenters. The van der Waals surface area contributed by atoms with Gasteiger partial charge in [0.25, 0.3) is 5.91 Å². The van der Waals surface area contributed by atoms with Gasteiger partial charge in [-0.3, -0.25) is 14.6 Å². The fourth-order valence-electron chi connectivity index (χ4n) is 1.76. The number of aliphatic imine (C=N–C) groups is 1. The number of anilines is 1. The maximum Gasteiger partial charge on any atom is 0.290 e. The van der Waals surface area contributed by atoms with Crippen LogP contribution in [0.5, 0.6) is 5.75 Å². The molecule has 0 fully saturated rings. The van der Waals surface area contributed by atoms with Gasteiger partial charge in [-0.2, -0.15) is 0 Å². The minimum absolute atomic E-state index is 0.0746. The number of ether oxygens (including phenoxy) is 1. The molecule has 100 valence electrons. The summed E-state index contributed by atoms with van der Waals surface area (Å²) >= 11 is 0. The Morgan fingerprint density at radius 1 is 1.42 bits per heavy atom. The lowest BCUT2D eigenvalue weighted by Crippen LogP contribution is -2.32. The summed E-state index contributed by atoms with van der Waals surface area (Å²) in [6.45, 7) is 2.72. The average molecular weight is 261 g/mol. The van der Waals surface area contributed by atoms with Crippen molar-refractivity contribution >= 4 is 23.2 Å². The zero-order chi connectivity index (χ0) is 13.8. The molecule has 1 aliphatic heterocycles. The third kappa shape index (κ3) is 2.90. The second kappa shape index (κ2) is 5.51. The lowest BCUT2D eigenvalue weighted by molar-refractivity contribution is -0.110. The summed E-state index contributed by atoms with van der Waals surface area (Å²) in [6, 6.07) is 4.90. The van der Waals surface area contributed by atoms with Gasteiger partial charge in [0.05, 0.1) is 19.3 Å². The molecule has 1 heterocycles. The molecule has 2 N–H and O–H groups in total. The lowest BCUT2D eigenvalue weighted by atomic mass is 10.1.